The van der Waals surface area contributed by atoms with Gasteiger partial charge in [-0.05, 0) is 36.8 Å². The summed E-state index contributed by atoms with van der Waals surface area (Å²) < 4.78 is 39.6. The minimum Gasteiger partial charge on any atom is -0.324 e. The van der Waals surface area contributed by atoms with E-state index in [1.807, 2.05) is 0 Å². The van der Waals surface area contributed by atoms with Gasteiger partial charge in [0.1, 0.15) is 6.54 Å². The van der Waals surface area contributed by atoms with Crippen LogP contribution in [0.5, 0.6) is 0 Å². The van der Waals surface area contributed by atoms with Gasteiger partial charge in [0.25, 0.3) is 0 Å². The zero-order valence-electron chi connectivity index (χ0n) is 14.0. The summed E-state index contributed by atoms with van der Waals surface area (Å²) in [6.07, 6.45) is -4.65. The number of hydrogen-bond acceptors (Lipinski definition) is 2. The van der Waals surface area contributed by atoms with Crippen molar-refractivity contribution in [2.24, 2.45) is 0 Å². The van der Waals surface area contributed by atoms with E-state index in [1.165, 1.54) is 12.1 Å². The topological polar surface area (TPSA) is 49.4 Å². The number of nitrogens with one attached hydrogen (secondary N) is 1. The number of amides is 2. The number of halogens is 4. The van der Waals surface area contributed by atoms with Crippen molar-refractivity contribution in [3.63, 3.8) is 0 Å². The van der Waals surface area contributed by atoms with E-state index in [-0.39, 0.29) is 5.69 Å². The van der Waals surface area contributed by atoms with Gasteiger partial charge in [-0.3, -0.25) is 9.59 Å². The van der Waals surface area contributed by atoms with Gasteiger partial charge in [0.2, 0.25) is 11.8 Å². The summed E-state index contributed by atoms with van der Waals surface area (Å²) in [7, 11) is 0. The summed E-state index contributed by atoms with van der Waals surface area (Å²) in [6.45, 7) is 2.24. The molecule has 2 amide bonds. The molecule has 0 heterocycles. The summed E-state index contributed by atoms with van der Waals surface area (Å²) in [4.78, 5) is 25.0. The molecule has 0 spiro atoms. The van der Waals surface area contributed by atoms with E-state index in [2.05, 4.69) is 5.32 Å². The van der Waals surface area contributed by atoms with Crippen LogP contribution in [0.3, 0.4) is 0 Å². The highest BCUT2D eigenvalue weighted by atomic mass is 35.5. The zero-order valence-corrected chi connectivity index (χ0v) is 14.8. The maximum atomic E-state index is 13.2. The van der Waals surface area contributed by atoms with Gasteiger partial charge in [-0.2, -0.15) is 13.2 Å². The second-order valence-electron chi connectivity index (χ2n) is 5.58. The Labute approximate surface area is 153 Å². The number of carbonyl (C=O) groups excluding carboxylic acids is 2. The normalized spacial score (nSPS) is 11.2. The first-order chi connectivity index (χ1) is 12.1. The van der Waals surface area contributed by atoms with Crippen molar-refractivity contribution >= 4 is 34.8 Å². The standard InChI is InChI=1S/C18H16ClF3N2O2/c1-11-14(19)7-5-8-15(11)23-17(26)10-24(12(2)25)16-9-4-3-6-13(16)18(20,21)22/h3-9H,10H2,1-2H3,(H,23,26). The number of alkyl halides is 3. The summed E-state index contributed by atoms with van der Waals surface area (Å²) in [5.74, 6) is -1.32. The fourth-order valence-corrected chi connectivity index (χ4v) is 2.57. The van der Waals surface area contributed by atoms with Crippen molar-refractivity contribution in [2.45, 2.75) is 20.0 Å². The van der Waals surface area contributed by atoms with Crippen LogP contribution in [0.2, 0.25) is 5.02 Å². The Hall–Kier alpha value is -2.54. The first-order valence-electron chi connectivity index (χ1n) is 7.60. The van der Waals surface area contributed by atoms with Gasteiger partial charge in [0.15, 0.2) is 0 Å². The van der Waals surface area contributed by atoms with E-state index in [0.29, 0.717) is 16.3 Å². The Morgan fingerprint density at radius 1 is 1.12 bits per heavy atom. The molecule has 2 rings (SSSR count). The molecule has 26 heavy (non-hydrogen) atoms. The molecule has 0 aliphatic rings. The van der Waals surface area contributed by atoms with E-state index in [4.69, 9.17) is 11.6 Å². The minimum absolute atomic E-state index is 0.370. The molecule has 0 fully saturated rings. The van der Waals surface area contributed by atoms with Crippen LogP contribution >= 0.6 is 11.6 Å². The maximum Gasteiger partial charge on any atom is 0.418 e. The first-order valence-corrected chi connectivity index (χ1v) is 7.98. The average molecular weight is 385 g/mol. The van der Waals surface area contributed by atoms with Crippen molar-refractivity contribution in [1.82, 2.24) is 0 Å². The molecule has 0 bridgehead atoms. The van der Waals surface area contributed by atoms with E-state index in [9.17, 15) is 22.8 Å². The van der Waals surface area contributed by atoms with Crippen molar-refractivity contribution in [1.29, 1.82) is 0 Å². The SMILES string of the molecule is CC(=O)N(CC(=O)Nc1cccc(Cl)c1C)c1ccccc1C(F)(F)F. The zero-order chi connectivity index (χ0) is 19.5. The van der Waals surface area contributed by atoms with E-state index >= 15 is 0 Å². The molecule has 2 aromatic carbocycles. The lowest BCUT2D eigenvalue weighted by molar-refractivity contribution is -0.137. The molecule has 2 aromatic rings. The van der Waals surface area contributed by atoms with Crippen LogP contribution in [-0.4, -0.2) is 18.4 Å². The van der Waals surface area contributed by atoms with Gasteiger partial charge in [0, 0.05) is 17.6 Å². The lowest BCUT2D eigenvalue weighted by atomic mass is 10.1. The fraction of sp³-hybridized carbons (Fsp3) is 0.222. The molecule has 0 aromatic heterocycles. The maximum absolute atomic E-state index is 13.2. The van der Waals surface area contributed by atoms with Crippen LogP contribution in [0.4, 0.5) is 24.5 Å². The van der Waals surface area contributed by atoms with Gasteiger partial charge in [-0.25, -0.2) is 0 Å². The second kappa shape index (κ2) is 7.78. The third-order valence-electron chi connectivity index (χ3n) is 3.72. The minimum atomic E-state index is -4.65. The third-order valence-corrected chi connectivity index (χ3v) is 4.13. The van der Waals surface area contributed by atoms with Crippen LogP contribution < -0.4 is 10.2 Å². The van der Waals surface area contributed by atoms with Crippen LogP contribution in [0, 0.1) is 6.92 Å². The van der Waals surface area contributed by atoms with Crippen molar-refractivity contribution in [3.8, 4) is 0 Å². The molecule has 1 N–H and O–H groups in total. The number of anilines is 2. The van der Waals surface area contributed by atoms with E-state index < -0.39 is 30.1 Å². The van der Waals surface area contributed by atoms with Gasteiger partial charge >= 0.3 is 6.18 Å². The Morgan fingerprint density at radius 2 is 1.77 bits per heavy atom. The number of nitrogens with zero attached hydrogens (tertiary/aromatic N) is 1. The van der Waals surface area contributed by atoms with Gasteiger partial charge < -0.3 is 10.2 Å². The first kappa shape index (κ1) is 19.8. The molecule has 0 saturated carbocycles. The monoisotopic (exact) mass is 384 g/mol. The number of hydrogen-bond donors (Lipinski definition) is 1. The molecule has 0 saturated heterocycles. The molecule has 0 radical (unpaired) electrons. The third kappa shape index (κ3) is 4.54. The van der Waals surface area contributed by atoms with Crippen molar-refractivity contribution < 1.29 is 22.8 Å². The highest BCUT2D eigenvalue weighted by molar-refractivity contribution is 6.31. The van der Waals surface area contributed by atoms with Crippen LogP contribution in [-0.2, 0) is 15.8 Å². The summed E-state index contributed by atoms with van der Waals surface area (Å²) in [5, 5.41) is 3.00. The van der Waals surface area contributed by atoms with Crippen molar-refractivity contribution in [3.05, 3.63) is 58.6 Å². The predicted octanol–water partition coefficient (Wildman–Crippen LogP) is 4.66. The Kier molecular flexibility index (Phi) is 5.92. The summed E-state index contributed by atoms with van der Waals surface area (Å²) >= 11 is 5.98. The highest BCUT2D eigenvalue weighted by Gasteiger charge is 2.35. The number of para-hydroxylation sites is 1. The van der Waals surface area contributed by atoms with Crippen molar-refractivity contribution in [2.75, 3.05) is 16.8 Å². The molecule has 138 valence electrons. The second-order valence-corrected chi connectivity index (χ2v) is 5.99. The van der Waals surface area contributed by atoms with Gasteiger partial charge in [-0.15, -0.1) is 0 Å². The number of benzene rings is 2. The number of carbonyl (C=O) groups is 2. The lowest BCUT2D eigenvalue weighted by Gasteiger charge is -2.24. The Balaban J connectivity index is 2.29. The Bertz CT molecular complexity index is 837. The summed E-state index contributed by atoms with van der Waals surface area (Å²) in [5.41, 5.74) is -0.310. The molecule has 0 atom stereocenters. The summed E-state index contributed by atoms with van der Waals surface area (Å²) in [6, 6.07) is 9.51. The quantitative estimate of drug-likeness (QED) is 0.833. The average Bonchev–Trinajstić information content (AvgIpc) is 2.56. The number of rotatable bonds is 4. The molecular weight excluding hydrogens is 369 g/mol. The molecular formula is C18H16ClF3N2O2. The lowest BCUT2D eigenvalue weighted by Crippen LogP contribution is -2.38. The molecule has 4 nitrogen and oxygen atoms in total. The Morgan fingerprint density at radius 3 is 2.38 bits per heavy atom. The largest absolute Gasteiger partial charge is 0.418 e. The van der Waals surface area contributed by atoms with Gasteiger partial charge in [-0.1, -0.05) is 29.8 Å². The molecule has 0 unspecified atom stereocenters. The fourth-order valence-electron chi connectivity index (χ4n) is 2.39. The van der Waals surface area contributed by atoms with E-state index in [0.717, 1.165) is 24.0 Å². The van der Waals surface area contributed by atoms with Gasteiger partial charge in [0.05, 0.1) is 11.3 Å². The molecule has 8 heteroatoms. The molecule has 0 aliphatic carbocycles. The predicted molar refractivity (Wildman–Crippen MR) is 94.3 cm³/mol. The van der Waals surface area contributed by atoms with Crippen LogP contribution in [0.25, 0.3) is 0 Å². The van der Waals surface area contributed by atoms with E-state index in [1.54, 1.807) is 25.1 Å². The smallest absolute Gasteiger partial charge is 0.324 e. The highest BCUT2D eigenvalue weighted by Crippen LogP contribution is 2.36. The molecule has 0 aliphatic heterocycles. The van der Waals surface area contributed by atoms with Crippen LogP contribution in [0.1, 0.15) is 18.1 Å². The van der Waals surface area contributed by atoms with Crippen LogP contribution in [0.15, 0.2) is 42.5 Å².